The summed E-state index contributed by atoms with van der Waals surface area (Å²) in [4.78, 5) is 27.1. The second-order valence-corrected chi connectivity index (χ2v) is 8.80. The number of rotatable bonds is 8. The molecule has 4 aromatic carbocycles. The molecule has 0 atom stereocenters. The van der Waals surface area contributed by atoms with Crippen LogP contribution in [0.1, 0.15) is 43.0 Å². The molecular formula is C30H26N2O4. The third kappa shape index (κ3) is 4.66. The lowest BCUT2D eigenvalue weighted by Crippen LogP contribution is -2.24. The van der Waals surface area contributed by atoms with Crippen LogP contribution < -0.4 is 10.6 Å². The van der Waals surface area contributed by atoms with Crippen LogP contribution in [0.25, 0.3) is 0 Å². The van der Waals surface area contributed by atoms with Gasteiger partial charge in [-0.2, -0.15) is 0 Å². The summed E-state index contributed by atoms with van der Waals surface area (Å²) in [5.74, 6) is 0.0993. The second-order valence-electron chi connectivity index (χ2n) is 8.80. The van der Waals surface area contributed by atoms with Crippen LogP contribution in [-0.4, -0.2) is 34.9 Å². The minimum absolute atomic E-state index is 0.163. The zero-order valence-electron chi connectivity index (χ0n) is 19.6. The molecule has 36 heavy (non-hydrogen) atoms. The second kappa shape index (κ2) is 9.96. The first-order valence-corrected chi connectivity index (χ1v) is 11.9. The molecule has 0 fully saturated rings. The summed E-state index contributed by atoms with van der Waals surface area (Å²) in [5.41, 5.74) is 4.98. The summed E-state index contributed by atoms with van der Waals surface area (Å²) in [7, 11) is 0. The molecule has 4 aromatic rings. The van der Waals surface area contributed by atoms with E-state index in [1.54, 1.807) is 48.5 Å². The van der Waals surface area contributed by atoms with Gasteiger partial charge in [-0.3, -0.25) is 9.59 Å². The van der Waals surface area contributed by atoms with Crippen LogP contribution in [0.15, 0.2) is 84.9 Å². The van der Waals surface area contributed by atoms with Gasteiger partial charge < -0.3 is 20.8 Å². The van der Waals surface area contributed by atoms with Crippen molar-refractivity contribution in [2.75, 3.05) is 23.7 Å². The molecule has 0 bridgehead atoms. The summed E-state index contributed by atoms with van der Waals surface area (Å²) >= 11 is 0. The minimum atomic E-state index is -0.180. The topological polar surface area (TPSA) is 98.7 Å². The first kappa shape index (κ1) is 23.2. The van der Waals surface area contributed by atoms with E-state index in [0.29, 0.717) is 59.6 Å². The number of carbonyl (C=O) groups excluding carboxylic acids is 2. The molecule has 0 heterocycles. The van der Waals surface area contributed by atoms with Crippen molar-refractivity contribution in [2.45, 2.75) is 12.8 Å². The number of phenols is 2. The molecule has 0 spiro atoms. The average Bonchev–Trinajstić information content (AvgIpc) is 2.89. The molecule has 0 saturated heterocycles. The van der Waals surface area contributed by atoms with E-state index in [-0.39, 0.29) is 23.1 Å². The van der Waals surface area contributed by atoms with Crippen LogP contribution in [-0.2, 0) is 12.8 Å². The molecule has 0 amide bonds. The molecule has 6 heteroatoms. The summed E-state index contributed by atoms with van der Waals surface area (Å²) < 4.78 is 0. The third-order valence-electron chi connectivity index (χ3n) is 6.40. The Labute approximate surface area is 209 Å². The summed E-state index contributed by atoms with van der Waals surface area (Å²) in [6, 6.07) is 24.7. The number of hydrogen-bond donors (Lipinski definition) is 4. The number of benzene rings is 4. The molecule has 1 aliphatic rings. The smallest absolute Gasteiger partial charge is 0.198 e. The molecular weight excluding hydrogens is 452 g/mol. The van der Waals surface area contributed by atoms with Gasteiger partial charge in [-0.1, -0.05) is 48.5 Å². The highest BCUT2D eigenvalue weighted by atomic mass is 16.3. The van der Waals surface area contributed by atoms with E-state index < -0.39 is 0 Å². The van der Waals surface area contributed by atoms with E-state index in [4.69, 9.17) is 0 Å². The lowest BCUT2D eigenvalue weighted by molar-refractivity contribution is 0.0980. The third-order valence-corrected chi connectivity index (χ3v) is 6.40. The zero-order valence-corrected chi connectivity index (χ0v) is 19.6. The lowest BCUT2D eigenvalue weighted by atomic mass is 9.82. The number of anilines is 2. The molecule has 0 aliphatic heterocycles. The first-order valence-electron chi connectivity index (χ1n) is 11.9. The van der Waals surface area contributed by atoms with E-state index in [2.05, 4.69) is 10.6 Å². The summed E-state index contributed by atoms with van der Waals surface area (Å²) in [6.07, 6.45) is 1.40. The SMILES string of the molecule is O=C1c2cccc(NCCc3ccc(O)cc3)c2C(=O)c2c(NCCc3ccc(O)cc3)cccc21. The Bertz CT molecular complexity index is 1320. The fraction of sp³-hybridized carbons (Fsp3) is 0.133. The van der Waals surface area contributed by atoms with Crippen LogP contribution >= 0.6 is 0 Å². The number of phenolic OH excluding ortho intramolecular Hbond substituents is 2. The molecule has 1 aliphatic carbocycles. The van der Waals surface area contributed by atoms with E-state index in [9.17, 15) is 19.8 Å². The van der Waals surface area contributed by atoms with Crippen molar-refractivity contribution in [3.63, 3.8) is 0 Å². The molecule has 0 aromatic heterocycles. The van der Waals surface area contributed by atoms with Gasteiger partial charge in [0.15, 0.2) is 11.6 Å². The average molecular weight is 479 g/mol. The molecule has 0 radical (unpaired) electrons. The number of aromatic hydroxyl groups is 2. The maximum absolute atomic E-state index is 13.7. The quantitative estimate of drug-likeness (QED) is 0.245. The monoisotopic (exact) mass is 478 g/mol. The van der Waals surface area contributed by atoms with Crippen molar-refractivity contribution in [1.82, 2.24) is 0 Å². The van der Waals surface area contributed by atoms with Crippen molar-refractivity contribution in [1.29, 1.82) is 0 Å². The van der Waals surface area contributed by atoms with Gasteiger partial charge in [0.25, 0.3) is 0 Å². The standard InChI is InChI=1S/C30H26N2O4/c33-21-11-7-19(8-12-21)15-17-31-25-5-1-3-23-27(25)30(36)28-24(29(23)35)4-2-6-26(28)32-18-16-20-9-13-22(34)14-10-20/h1-14,31-34H,15-18H2. The largest absolute Gasteiger partial charge is 0.508 e. The van der Waals surface area contributed by atoms with Gasteiger partial charge in [-0.25, -0.2) is 0 Å². The Morgan fingerprint density at radius 1 is 0.528 bits per heavy atom. The van der Waals surface area contributed by atoms with Crippen molar-refractivity contribution >= 4 is 22.9 Å². The van der Waals surface area contributed by atoms with Crippen LogP contribution in [0.3, 0.4) is 0 Å². The number of ketones is 2. The predicted octanol–water partition coefficient (Wildman–Crippen LogP) is 5.18. The fourth-order valence-corrected chi connectivity index (χ4v) is 4.55. The van der Waals surface area contributed by atoms with Crippen LogP contribution in [0.5, 0.6) is 11.5 Å². The number of carbonyl (C=O) groups is 2. The van der Waals surface area contributed by atoms with Gasteiger partial charge in [0, 0.05) is 35.6 Å². The highest BCUT2D eigenvalue weighted by Gasteiger charge is 2.33. The predicted molar refractivity (Wildman–Crippen MR) is 140 cm³/mol. The number of nitrogens with one attached hydrogen (secondary N) is 2. The number of hydrogen-bond acceptors (Lipinski definition) is 6. The molecule has 180 valence electrons. The Kier molecular flexibility index (Phi) is 6.41. The van der Waals surface area contributed by atoms with Crippen LogP contribution in [0.2, 0.25) is 0 Å². The summed E-state index contributed by atoms with van der Waals surface area (Å²) in [5, 5.41) is 25.6. The Morgan fingerprint density at radius 2 is 0.944 bits per heavy atom. The minimum Gasteiger partial charge on any atom is -0.508 e. The lowest BCUT2D eigenvalue weighted by Gasteiger charge is -2.23. The Balaban J connectivity index is 1.36. The van der Waals surface area contributed by atoms with Crippen LogP contribution in [0.4, 0.5) is 11.4 Å². The molecule has 0 unspecified atom stereocenters. The van der Waals surface area contributed by atoms with E-state index in [0.717, 1.165) is 11.1 Å². The first-order chi connectivity index (χ1) is 17.5. The van der Waals surface area contributed by atoms with E-state index in [1.165, 1.54) is 0 Å². The van der Waals surface area contributed by atoms with Gasteiger partial charge in [0.1, 0.15) is 11.5 Å². The van der Waals surface area contributed by atoms with Crippen LogP contribution in [0, 0.1) is 0 Å². The zero-order chi connectivity index (χ0) is 25.1. The van der Waals surface area contributed by atoms with Gasteiger partial charge in [-0.15, -0.1) is 0 Å². The highest BCUT2D eigenvalue weighted by molar-refractivity contribution is 6.31. The Morgan fingerprint density at radius 3 is 1.36 bits per heavy atom. The van der Waals surface area contributed by atoms with E-state index in [1.807, 2.05) is 36.4 Å². The van der Waals surface area contributed by atoms with Crippen molar-refractivity contribution in [3.05, 3.63) is 118 Å². The molecule has 0 saturated carbocycles. The van der Waals surface area contributed by atoms with Crippen molar-refractivity contribution in [2.24, 2.45) is 0 Å². The molecule has 4 N–H and O–H groups in total. The van der Waals surface area contributed by atoms with Gasteiger partial charge in [0.05, 0.1) is 11.1 Å². The van der Waals surface area contributed by atoms with Crippen molar-refractivity contribution in [3.8, 4) is 11.5 Å². The van der Waals surface area contributed by atoms with E-state index >= 15 is 0 Å². The van der Waals surface area contributed by atoms with Gasteiger partial charge in [-0.05, 0) is 60.4 Å². The van der Waals surface area contributed by atoms with Crippen molar-refractivity contribution < 1.29 is 19.8 Å². The normalized spacial score (nSPS) is 12.1. The summed E-state index contributed by atoms with van der Waals surface area (Å²) in [6.45, 7) is 1.14. The maximum atomic E-state index is 13.7. The highest BCUT2D eigenvalue weighted by Crippen LogP contribution is 2.35. The molecule has 5 rings (SSSR count). The fourth-order valence-electron chi connectivity index (χ4n) is 4.55. The maximum Gasteiger partial charge on any atom is 0.198 e. The van der Waals surface area contributed by atoms with Gasteiger partial charge >= 0.3 is 0 Å². The molecule has 6 nitrogen and oxygen atoms in total. The number of fused-ring (bicyclic) bond motifs is 2. The Hall–Kier alpha value is -4.58. The van der Waals surface area contributed by atoms with Gasteiger partial charge in [0.2, 0.25) is 0 Å².